The van der Waals surface area contributed by atoms with Gasteiger partial charge in [-0.05, 0) is 44.0 Å². The molecular weight excluding hydrogens is 309 g/mol. The second-order valence-corrected chi connectivity index (χ2v) is 6.12. The van der Waals surface area contributed by atoms with Gasteiger partial charge in [0.2, 0.25) is 0 Å². The lowest BCUT2D eigenvalue weighted by Gasteiger charge is -2.12. The van der Waals surface area contributed by atoms with Crippen LogP contribution in [0.1, 0.15) is 53.5 Å². The van der Waals surface area contributed by atoms with Gasteiger partial charge in [-0.3, -0.25) is 4.79 Å². The van der Waals surface area contributed by atoms with Crippen LogP contribution < -0.4 is 5.32 Å². The summed E-state index contributed by atoms with van der Waals surface area (Å²) < 4.78 is 19.0. The average Bonchev–Trinajstić information content (AvgIpc) is 3.34. The maximum absolute atomic E-state index is 13.3. The SMILES string of the molecule is CC(NC(=O)c1cncnc1C1CC1)c1cc2cc(F)ccc2o1. The number of carbonyl (C=O) groups is 1. The smallest absolute Gasteiger partial charge is 0.255 e. The number of furan rings is 1. The van der Waals surface area contributed by atoms with E-state index in [4.69, 9.17) is 4.42 Å². The first-order valence-electron chi connectivity index (χ1n) is 7.91. The fourth-order valence-corrected chi connectivity index (χ4v) is 2.79. The molecule has 2 heterocycles. The lowest BCUT2D eigenvalue weighted by atomic mass is 10.1. The first-order chi connectivity index (χ1) is 11.6. The first kappa shape index (κ1) is 14.8. The van der Waals surface area contributed by atoms with Crippen molar-refractivity contribution in [2.45, 2.75) is 31.7 Å². The zero-order chi connectivity index (χ0) is 16.7. The third-order valence-electron chi connectivity index (χ3n) is 4.22. The van der Waals surface area contributed by atoms with Crippen LogP contribution in [0, 0.1) is 5.82 Å². The predicted molar refractivity (Wildman–Crippen MR) is 86.1 cm³/mol. The Morgan fingerprint density at radius 2 is 2.21 bits per heavy atom. The molecule has 3 aromatic rings. The van der Waals surface area contributed by atoms with Gasteiger partial charge in [0.1, 0.15) is 23.5 Å². The number of benzene rings is 1. The van der Waals surface area contributed by atoms with E-state index >= 15 is 0 Å². The monoisotopic (exact) mass is 325 g/mol. The van der Waals surface area contributed by atoms with Gasteiger partial charge >= 0.3 is 0 Å². The van der Waals surface area contributed by atoms with Gasteiger partial charge in [0.15, 0.2) is 0 Å². The fourth-order valence-electron chi connectivity index (χ4n) is 2.79. The molecule has 1 aliphatic rings. The largest absolute Gasteiger partial charge is 0.459 e. The summed E-state index contributed by atoms with van der Waals surface area (Å²) in [5.74, 6) is 0.394. The summed E-state index contributed by atoms with van der Waals surface area (Å²) in [7, 11) is 0. The number of rotatable bonds is 4. The van der Waals surface area contributed by atoms with Crippen LogP contribution in [-0.4, -0.2) is 15.9 Å². The summed E-state index contributed by atoms with van der Waals surface area (Å²) in [4.78, 5) is 20.8. The quantitative estimate of drug-likeness (QED) is 0.793. The van der Waals surface area contributed by atoms with Gasteiger partial charge in [-0.1, -0.05) is 0 Å². The average molecular weight is 325 g/mol. The molecule has 0 bridgehead atoms. The van der Waals surface area contributed by atoms with Crippen molar-refractivity contribution in [3.05, 3.63) is 59.6 Å². The number of halogens is 1. The highest BCUT2D eigenvalue weighted by atomic mass is 19.1. The van der Waals surface area contributed by atoms with Gasteiger partial charge in [-0.25, -0.2) is 14.4 Å². The molecule has 1 N–H and O–H groups in total. The Morgan fingerprint density at radius 3 is 3.00 bits per heavy atom. The molecule has 122 valence electrons. The Bertz CT molecular complexity index is 918. The molecule has 0 radical (unpaired) electrons. The van der Waals surface area contributed by atoms with Crippen LogP contribution in [0.2, 0.25) is 0 Å². The number of nitrogens with zero attached hydrogens (tertiary/aromatic N) is 2. The van der Waals surface area contributed by atoms with E-state index in [-0.39, 0.29) is 17.8 Å². The molecule has 5 nitrogen and oxygen atoms in total. The van der Waals surface area contributed by atoms with Gasteiger partial charge in [-0.15, -0.1) is 0 Å². The van der Waals surface area contributed by atoms with Crippen molar-refractivity contribution in [2.24, 2.45) is 0 Å². The van der Waals surface area contributed by atoms with Crippen LogP contribution in [0.4, 0.5) is 4.39 Å². The fraction of sp³-hybridized carbons (Fsp3) is 0.278. The molecular formula is C18H16FN3O2. The zero-order valence-electron chi connectivity index (χ0n) is 13.1. The number of fused-ring (bicyclic) bond motifs is 1. The number of aromatic nitrogens is 2. The molecule has 0 aliphatic heterocycles. The summed E-state index contributed by atoms with van der Waals surface area (Å²) in [5, 5.41) is 3.58. The maximum Gasteiger partial charge on any atom is 0.255 e. The van der Waals surface area contributed by atoms with Crippen LogP contribution in [-0.2, 0) is 0 Å². The molecule has 1 saturated carbocycles. The van der Waals surface area contributed by atoms with Gasteiger partial charge in [-0.2, -0.15) is 0 Å². The van der Waals surface area contributed by atoms with Crippen molar-refractivity contribution < 1.29 is 13.6 Å². The van der Waals surface area contributed by atoms with Crippen LogP contribution in [0.25, 0.3) is 11.0 Å². The molecule has 1 aliphatic carbocycles. The number of hydrogen-bond donors (Lipinski definition) is 1. The van der Waals surface area contributed by atoms with Gasteiger partial charge in [0.05, 0.1) is 17.3 Å². The number of hydrogen-bond acceptors (Lipinski definition) is 4. The standard InChI is InChI=1S/C18H16FN3O2/c1-10(16-7-12-6-13(19)4-5-15(12)24-16)22-18(23)14-8-20-9-21-17(14)11-2-3-11/h4-11H,2-3H2,1H3,(H,22,23). The van der Waals surface area contributed by atoms with Gasteiger partial charge in [0, 0.05) is 17.5 Å². The third-order valence-corrected chi connectivity index (χ3v) is 4.22. The second kappa shape index (κ2) is 5.70. The van der Waals surface area contributed by atoms with E-state index < -0.39 is 0 Å². The molecule has 1 fully saturated rings. The Hall–Kier alpha value is -2.76. The number of nitrogens with one attached hydrogen (secondary N) is 1. The molecule has 1 aromatic carbocycles. The van der Waals surface area contributed by atoms with E-state index in [1.54, 1.807) is 18.3 Å². The molecule has 1 amide bonds. The van der Waals surface area contributed by atoms with E-state index in [1.165, 1.54) is 18.5 Å². The molecule has 1 atom stereocenters. The molecule has 0 saturated heterocycles. The normalized spacial score (nSPS) is 15.4. The van der Waals surface area contributed by atoms with Crippen LogP contribution in [0.3, 0.4) is 0 Å². The first-order valence-corrected chi connectivity index (χ1v) is 7.91. The summed E-state index contributed by atoms with van der Waals surface area (Å²) in [6.45, 7) is 1.83. The summed E-state index contributed by atoms with van der Waals surface area (Å²) in [6.07, 6.45) is 5.14. The topological polar surface area (TPSA) is 68.0 Å². The van der Waals surface area contributed by atoms with E-state index in [2.05, 4.69) is 15.3 Å². The summed E-state index contributed by atoms with van der Waals surface area (Å²) >= 11 is 0. The third kappa shape index (κ3) is 2.75. The van der Waals surface area contributed by atoms with Crippen molar-refractivity contribution >= 4 is 16.9 Å². The van der Waals surface area contributed by atoms with Crippen molar-refractivity contribution in [1.29, 1.82) is 0 Å². The van der Waals surface area contributed by atoms with E-state index in [1.807, 2.05) is 6.92 Å². The van der Waals surface area contributed by atoms with Crippen molar-refractivity contribution in [1.82, 2.24) is 15.3 Å². The second-order valence-electron chi connectivity index (χ2n) is 6.12. The highest BCUT2D eigenvalue weighted by Gasteiger charge is 2.30. The van der Waals surface area contributed by atoms with Gasteiger partial charge < -0.3 is 9.73 Å². The Kier molecular flexibility index (Phi) is 3.52. The predicted octanol–water partition coefficient (Wildman–Crippen LogP) is 3.73. The van der Waals surface area contributed by atoms with Crippen molar-refractivity contribution in [2.75, 3.05) is 0 Å². The Balaban J connectivity index is 1.56. The van der Waals surface area contributed by atoms with E-state index in [0.717, 1.165) is 18.5 Å². The highest BCUT2D eigenvalue weighted by molar-refractivity contribution is 5.95. The minimum absolute atomic E-state index is 0.225. The van der Waals surface area contributed by atoms with E-state index in [9.17, 15) is 9.18 Å². The minimum atomic E-state index is -0.347. The molecule has 2 aromatic heterocycles. The zero-order valence-corrected chi connectivity index (χ0v) is 13.1. The van der Waals surface area contributed by atoms with Gasteiger partial charge in [0.25, 0.3) is 5.91 Å². The van der Waals surface area contributed by atoms with Crippen LogP contribution >= 0.6 is 0 Å². The van der Waals surface area contributed by atoms with Crippen molar-refractivity contribution in [3.8, 4) is 0 Å². The molecule has 6 heteroatoms. The van der Waals surface area contributed by atoms with Crippen molar-refractivity contribution in [3.63, 3.8) is 0 Å². The number of carbonyl (C=O) groups excluding carboxylic acids is 1. The molecule has 24 heavy (non-hydrogen) atoms. The Labute approximate surface area is 137 Å². The summed E-state index contributed by atoms with van der Waals surface area (Å²) in [5.41, 5.74) is 1.91. The lowest BCUT2D eigenvalue weighted by Crippen LogP contribution is -2.27. The highest BCUT2D eigenvalue weighted by Crippen LogP contribution is 2.40. The maximum atomic E-state index is 13.3. The van der Waals surface area contributed by atoms with Crippen LogP contribution in [0.5, 0.6) is 0 Å². The summed E-state index contributed by atoms with van der Waals surface area (Å²) in [6, 6.07) is 5.74. The number of amides is 1. The van der Waals surface area contributed by atoms with E-state index in [0.29, 0.717) is 28.2 Å². The molecule has 1 unspecified atom stereocenters. The lowest BCUT2D eigenvalue weighted by molar-refractivity contribution is 0.0934. The minimum Gasteiger partial charge on any atom is -0.459 e. The molecule has 4 rings (SSSR count). The Morgan fingerprint density at radius 1 is 1.38 bits per heavy atom. The molecule has 0 spiro atoms. The van der Waals surface area contributed by atoms with Crippen LogP contribution in [0.15, 0.2) is 41.2 Å².